The first-order valence-electron chi connectivity index (χ1n) is 5.52. The molecular formula is C12H15N3O. The largest absolute Gasteiger partial charge is 0.300 e. The molecule has 0 bridgehead atoms. The third kappa shape index (κ3) is 1.73. The smallest absolute Gasteiger partial charge is 0.136 e. The van der Waals surface area contributed by atoms with E-state index in [0.29, 0.717) is 18.8 Å². The molecule has 2 rings (SSSR count). The zero-order chi connectivity index (χ0) is 11.8. The van der Waals surface area contributed by atoms with Crippen LogP contribution in [0.15, 0.2) is 12.3 Å². The Hall–Kier alpha value is -1.63. The van der Waals surface area contributed by atoms with Gasteiger partial charge in [0.1, 0.15) is 11.2 Å². The zero-order valence-electron chi connectivity index (χ0n) is 9.60. The average molecular weight is 217 g/mol. The number of nitriles is 1. The van der Waals surface area contributed by atoms with Gasteiger partial charge in [-0.15, -0.1) is 0 Å². The highest BCUT2D eigenvalue weighted by molar-refractivity contribution is 5.89. The SMILES string of the molecule is CC(C)Cn1ccc(C2(C#N)CC(=O)C2)n1. The van der Waals surface area contributed by atoms with E-state index >= 15 is 0 Å². The number of aromatic nitrogens is 2. The second kappa shape index (κ2) is 3.75. The van der Waals surface area contributed by atoms with E-state index in [9.17, 15) is 4.79 Å². The second-order valence-corrected chi connectivity index (χ2v) is 4.90. The van der Waals surface area contributed by atoms with E-state index < -0.39 is 5.41 Å². The number of rotatable bonds is 3. The van der Waals surface area contributed by atoms with Crippen molar-refractivity contribution in [3.8, 4) is 6.07 Å². The van der Waals surface area contributed by atoms with Crippen LogP contribution in [0, 0.1) is 17.2 Å². The molecule has 4 nitrogen and oxygen atoms in total. The fourth-order valence-corrected chi connectivity index (χ4v) is 2.03. The minimum Gasteiger partial charge on any atom is -0.300 e. The van der Waals surface area contributed by atoms with Crippen molar-refractivity contribution < 1.29 is 4.79 Å². The molecule has 0 unspecified atom stereocenters. The first kappa shape index (κ1) is 10.9. The van der Waals surface area contributed by atoms with Crippen LogP contribution in [0.2, 0.25) is 0 Å². The monoisotopic (exact) mass is 217 g/mol. The summed E-state index contributed by atoms with van der Waals surface area (Å²) in [5, 5.41) is 13.5. The molecule has 4 heteroatoms. The maximum Gasteiger partial charge on any atom is 0.136 e. The molecule has 1 aromatic rings. The van der Waals surface area contributed by atoms with Crippen molar-refractivity contribution in [3.63, 3.8) is 0 Å². The summed E-state index contributed by atoms with van der Waals surface area (Å²) < 4.78 is 1.85. The van der Waals surface area contributed by atoms with Gasteiger partial charge in [-0.25, -0.2) is 0 Å². The first-order valence-corrected chi connectivity index (χ1v) is 5.52. The molecule has 0 amide bonds. The van der Waals surface area contributed by atoms with Crippen LogP contribution >= 0.6 is 0 Å². The van der Waals surface area contributed by atoms with Crippen LogP contribution in [0.4, 0.5) is 0 Å². The Kier molecular flexibility index (Phi) is 2.55. The number of ketones is 1. The Labute approximate surface area is 94.9 Å². The number of carbonyl (C=O) groups is 1. The lowest BCUT2D eigenvalue weighted by molar-refractivity contribution is -0.126. The summed E-state index contributed by atoms with van der Waals surface area (Å²) in [6.45, 7) is 5.08. The Bertz CT molecular complexity index is 445. The van der Waals surface area contributed by atoms with Crippen LogP contribution in [0.5, 0.6) is 0 Å². The van der Waals surface area contributed by atoms with E-state index in [1.165, 1.54) is 0 Å². The van der Waals surface area contributed by atoms with Crippen molar-refractivity contribution in [1.29, 1.82) is 5.26 Å². The fraction of sp³-hybridized carbons (Fsp3) is 0.583. The van der Waals surface area contributed by atoms with E-state index in [1.807, 2.05) is 16.9 Å². The molecule has 0 radical (unpaired) electrons. The van der Waals surface area contributed by atoms with Crippen molar-refractivity contribution in [1.82, 2.24) is 9.78 Å². The number of carbonyl (C=O) groups excluding carboxylic acids is 1. The van der Waals surface area contributed by atoms with Gasteiger partial charge in [0, 0.05) is 25.6 Å². The molecule has 1 saturated carbocycles. The molecule has 1 aromatic heterocycles. The molecule has 0 spiro atoms. The van der Waals surface area contributed by atoms with Crippen molar-refractivity contribution >= 4 is 5.78 Å². The van der Waals surface area contributed by atoms with E-state index in [-0.39, 0.29) is 5.78 Å². The maximum absolute atomic E-state index is 11.0. The molecule has 1 aliphatic rings. The number of Topliss-reactive ketones (excluding diaryl/α,β-unsaturated/α-hetero) is 1. The molecule has 1 fully saturated rings. The van der Waals surface area contributed by atoms with E-state index in [2.05, 4.69) is 25.0 Å². The third-order valence-electron chi connectivity index (χ3n) is 2.90. The van der Waals surface area contributed by atoms with Gasteiger partial charge in [-0.2, -0.15) is 10.4 Å². The molecular weight excluding hydrogens is 202 g/mol. The highest BCUT2D eigenvalue weighted by Crippen LogP contribution is 2.39. The number of hydrogen-bond acceptors (Lipinski definition) is 3. The van der Waals surface area contributed by atoms with Gasteiger partial charge < -0.3 is 0 Å². The lowest BCUT2D eigenvalue weighted by atomic mass is 9.67. The molecule has 84 valence electrons. The lowest BCUT2D eigenvalue weighted by Crippen LogP contribution is -2.40. The average Bonchev–Trinajstić information content (AvgIpc) is 2.60. The minimum absolute atomic E-state index is 0.153. The first-order chi connectivity index (χ1) is 7.55. The summed E-state index contributed by atoms with van der Waals surface area (Å²) in [6.07, 6.45) is 2.53. The van der Waals surface area contributed by atoms with Crippen LogP contribution in [0.1, 0.15) is 32.4 Å². The van der Waals surface area contributed by atoms with E-state index in [0.717, 1.165) is 12.2 Å². The van der Waals surface area contributed by atoms with Gasteiger partial charge in [-0.3, -0.25) is 9.48 Å². The summed E-state index contributed by atoms with van der Waals surface area (Å²) in [6, 6.07) is 4.09. The molecule has 1 heterocycles. The summed E-state index contributed by atoms with van der Waals surface area (Å²) in [4.78, 5) is 11.0. The summed E-state index contributed by atoms with van der Waals surface area (Å²) in [5.41, 5.74) is 0.106. The van der Waals surface area contributed by atoms with Crippen molar-refractivity contribution in [3.05, 3.63) is 18.0 Å². The predicted molar refractivity (Wildman–Crippen MR) is 58.6 cm³/mol. The van der Waals surface area contributed by atoms with Crippen LogP contribution in [-0.4, -0.2) is 15.6 Å². The summed E-state index contributed by atoms with van der Waals surface area (Å²) in [5.74, 6) is 0.675. The standard InChI is InChI=1S/C12H15N3O/c1-9(2)7-15-4-3-11(14-15)12(8-13)5-10(16)6-12/h3-4,9H,5-7H2,1-2H3. The second-order valence-electron chi connectivity index (χ2n) is 4.90. The van der Waals surface area contributed by atoms with Gasteiger partial charge in [-0.05, 0) is 12.0 Å². The van der Waals surface area contributed by atoms with Gasteiger partial charge in [0.25, 0.3) is 0 Å². The zero-order valence-corrected chi connectivity index (χ0v) is 9.60. The van der Waals surface area contributed by atoms with Gasteiger partial charge >= 0.3 is 0 Å². The summed E-state index contributed by atoms with van der Waals surface area (Å²) >= 11 is 0. The maximum atomic E-state index is 11.0. The quantitative estimate of drug-likeness (QED) is 0.773. The third-order valence-corrected chi connectivity index (χ3v) is 2.90. The number of hydrogen-bond donors (Lipinski definition) is 0. The van der Waals surface area contributed by atoms with Crippen LogP contribution in [0.25, 0.3) is 0 Å². The normalized spacial score (nSPS) is 18.2. The highest BCUT2D eigenvalue weighted by atomic mass is 16.1. The predicted octanol–water partition coefficient (Wildman–Crippen LogP) is 1.66. The lowest BCUT2D eigenvalue weighted by Gasteiger charge is -2.31. The van der Waals surface area contributed by atoms with Crippen LogP contribution in [-0.2, 0) is 16.8 Å². The van der Waals surface area contributed by atoms with Crippen LogP contribution < -0.4 is 0 Å². The van der Waals surface area contributed by atoms with Gasteiger partial charge in [-0.1, -0.05) is 13.8 Å². The van der Waals surface area contributed by atoms with E-state index in [4.69, 9.17) is 5.26 Å². The molecule has 1 aliphatic carbocycles. The van der Waals surface area contributed by atoms with Gasteiger partial charge in [0.05, 0.1) is 11.8 Å². The van der Waals surface area contributed by atoms with Crippen molar-refractivity contribution in [2.45, 2.75) is 38.6 Å². The van der Waals surface area contributed by atoms with Crippen molar-refractivity contribution in [2.75, 3.05) is 0 Å². The Balaban J connectivity index is 2.19. The fourth-order valence-electron chi connectivity index (χ4n) is 2.03. The molecule has 16 heavy (non-hydrogen) atoms. The number of nitrogens with zero attached hydrogens (tertiary/aromatic N) is 3. The summed E-state index contributed by atoms with van der Waals surface area (Å²) in [7, 11) is 0. The molecule has 0 aromatic carbocycles. The minimum atomic E-state index is -0.640. The van der Waals surface area contributed by atoms with Crippen LogP contribution in [0.3, 0.4) is 0 Å². The molecule has 0 atom stereocenters. The molecule has 0 N–H and O–H groups in total. The topological polar surface area (TPSA) is 58.7 Å². The van der Waals surface area contributed by atoms with Gasteiger partial charge in [0.2, 0.25) is 0 Å². The molecule has 0 aliphatic heterocycles. The Morgan fingerprint density at radius 2 is 2.31 bits per heavy atom. The highest BCUT2D eigenvalue weighted by Gasteiger charge is 2.47. The van der Waals surface area contributed by atoms with Crippen molar-refractivity contribution in [2.24, 2.45) is 5.92 Å². The Morgan fingerprint density at radius 3 is 2.81 bits per heavy atom. The molecule has 0 saturated heterocycles. The van der Waals surface area contributed by atoms with E-state index in [1.54, 1.807) is 0 Å². The Morgan fingerprint density at radius 1 is 1.62 bits per heavy atom. The van der Waals surface area contributed by atoms with Gasteiger partial charge in [0.15, 0.2) is 0 Å².